The van der Waals surface area contributed by atoms with Gasteiger partial charge in [0.1, 0.15) is 0 Å². The molecule has 0 amide bonds. The smallest absolute Gasteiger partial charge is 0.0639 e. The van der Waals surface area contributed by atoms with Crippen LogP contribution < -0.4 is 5.11 Å². The number of carbonyl (C=O) groups excluding carboxylic acids is 1. The van der Waals surface area contributed by atoms with E-state index in [0.717, 1.165) is 25.3 Å². The van der Waals surface area contributed by atoms with Crippen LogP contribution in [0.15, 0.2) is 12.2 Å². The first-order valence-electron chi connectivity index (χ1n) is 3.15. The Balaban J connectivity index is 3.15. The molecule has 2 heteroatoms. The van der Waals surface area contributed by atoms with Gasteiger partial charge in [-0.3, -0.25) is 0 Å². The molecule has 0 unspecified atom stereocenters. The van der Waals surface area contributed by atoms with Crippen molar-refractivity contribution in [1.82, 2.24) is 0 Å². The molecule has 9 heavy (non-hydrogen) atoms. The Morgan fingerprint density at radius 2 is 2.33 bits per heavy atom. The number of hydrogen-bond donors (Lipinski definition) is 0. The monoisotopic (exact) mass is 127 g/mol. The van der Waals surface area contributed by atoms with Crippen molar-refractivity contribution in [2.24, 2.45) is 0 Å². The van der Waals surface area contributed by atoms with Crippen molar-refractivity contribution in [2.45, 2.75) is 26.2 Å². The summed E-state index contributed by atoms with van der Waals surface area (Å²) in [5, 5.41) is 9.76. The average Bonchev–Trinajstić information content (AvgIpc) is 1.80. The molecule has 0 atom stereocenters. The lowest BCUT2D eigenvalue weighted by Crippen LogP contribution is -2.18. The number of carboxylic acids is 1. The quantitative estimate of drug-likeness (QED) is 0.407. The van der Waals surface area contributed by atoms with E-state index in [0.29, 0.717) is 0 Å². The molecule has 0 saturated heterocycles. The van der Waals surface area contributed by atoms with Gasteiger partial charge in [-0.25, -0.2) is 0 Å². The first-order chi connectivity index (χ1) is 4.27. The van der Waals surface area contributed by atoms with Crippen LogP contribution in [0.4, 0.5) is 0 Å². The largest absolute Gasteiger partial charge is 0.545 e. The van der Waals surface area contributed by atoms with E-state index in [1.54, 1.807) is 6.08 Å². The highest BCUT2D eigenvalue weighted by atomic mass is 16.4. The Hall–Kier alpha value is -0.790. The van der Waals surface area contributed by atoms with E-state index < -0.39 is 5.97 Å². The Morgan fingerprint density at radius 1 is 1.67 bits per heavy atom. The normalized spacial score (nSPS) is 10.3. The van der Waals surface area contributed by atoms with Gasteiger partial charge < -0.3 is 9.90 Å². The lowest BCUT2D eigenvalue weighted by Gasteiger charge is -1.90. The standard InChI is InChI=1S/C7H12O2/c1-2-3-4-5-6-7(8)9/h5-6H,2-4H2,1H3,(H,8,9)/p-1/b6-5+. The van der Waals surface area contributed by atoms with Crippen LogP contribution in [0.1, 0.15) is 26.2 Å². The van der Waals surface area contributed by atoms with Gasteiger partial charge >= 0.3 is 0 Å². The van der Waals surface area contributed by atoms with Gasteiger partial charge in [-0.05, 0) is 12.5 Å². The number of allylic oxidation sites excluding steroid dienone is 1. The summed E-state index contributed by atoms with van der Waals surface area (Å²) >= 11 is 0. The lowest BCUT2D eigenvalue weighted by molar-refractivity contribution is -0.297. The van der Waals surface area contributed by atoms with E-state index in [4.69, 9.17) is 0 Å². The van der Waals surface area contributed by atoms with Gasteiger partial charge in [0.05, 0.1) is 5.97 Å². The fourth-order valence-electron chi connectivity index (χ4n) is 0.502. The Labute approximate surface area is 55.2 Å². The van der Waals surface area contributed by atoms with Crippen molar-refractivity contribution in [3.05, 3.63) is 12.2 Å². The molecule has 0 heterocycles. The molecular formula is C7H11O2-. The SMILES string of the molecule is CCCC/C=C/C(=O)[O-]. The molecule has 0 N–H and O–H groups in total. The third-order valence-electron chi connectivity index (χ3n) is 0.978. The Kier molecular flexibility index (Phi) is 4.88. The van der Waals surface area contributed by atoms with Crippen molar-refractivity contribution >= 4 is 5.97 Å². The van der Waals surface area contributed by atoms with Crippen molar-refractivity contribution in [3.63, 3.8) is 0 Å². The van der Waals surface area contributed by atoms with Crippen molar-refractivity contribution in [1.29, 1.82) is 0 Å². The number of carboxylic acid groups (broad SMARTS) is 1. The molecule has 0 saturated carbocycles. The van der Waals surface area contributed by atoms with Crippen LogP contribution in [-0.2, 0) is 4.79 Å². The highest BCUT2D eigenvalue weighted by Crippen LogP contribution is 1.93. The van der Waals surface area contributed by atoms with Crippen LogP contribution in [0.3, 0.4) is 0 Å². The van der Waals surface area contributed by atoms with E-state index >= 15 is 0 Å². The molecule has 0 aliphatic carbocycles. The predicted octanol–water partition coefficient (Wildman–Crippen LogP) is 0.483. The highest BCUT2D eigenvalue weighted by molar-refractivity contribution is 5.77. The summed E-state index contributed by atoms with van der Waals surface area (Å²) in [6, 6.07) is 0. The second kappa shape index (κ2) is 5.35. The highest BCUT2D eigenvalue weighted by Gasteiger charge is 1.76. The van der Waals surface area contributed by atoms with Gasteiger partial charge in [-0.15, -0.1) is 0 Å². The fourth-order valence-corrected chi connectivity index (χ4v) is 0.502. The minimum Gasteiger partial charge on any atom is -0.545 e. The van der Waals surface area contributed by atoms with E-state index in [1.807, 2.05) is 0 Å². The number of aliphatic carboxylic acids is 1. The van der Waals surface area contributed by atoms with Gasteiger partial charge in [0.15, 0.2) is 0 Å². The summed E-state index contributed by atoms with van der Waals surface area (Å²) in [5.74, 6) is -1.11. The summed E-state index contributed by atoms with van der Waals surface area (Å²) in [5.41, 5.74) is 0. The van der Waals surface area contributed by atoms with Gasteiger partial charge in [-0.1, -0.05) is 25.8 Å². The zero-order valence-corrected chi connectivity index (χ0v) is 5.59. The van der Waals surface area contributed by atoms with Gasteiger partial charge in [0.2, 0.25) is 0 Å². The first kappa shape index (κ1) is 8.21. The van der Waals surface area contributed by atoms with Crippen LogP contribution in [0.5, 0.6) is 0 Å². The average molecular weight is 127 g/mol. The summed E-state index contributed by atoms with van der Waals surface area (Å²) in [7, 11) is 0. The molecular weight excluding hydrogens is 116 g/mol. The number of unbranched alkanes of at least 4 members (excludes halogenated alkanes) is 2. The molecule has 2 nitrogen and oxygen atoms in total. The van der Waals surface area contributed by atoms with Crippen molar-refractivity contribution in [2.75, 3.05) is 0 Å². The second-order valence-electron chi connectivity index (χ2n) is 1.86. The predicted molar refractivity (Wildman–Crippen MR) is 33.7 cm³/mol. The van der Waals surface area contributed by atoms with Crippen molar-refractivity contribution < 1.29 is 9.90 Å². The third kappa shape index (κ3) is 7.21. The summed E-state index contributed by atoms with van der Waals surface area (Å²) in [6.07, 6.45) is 5.68. The molecule has 0 aromatic rings. The number of carbonyl (C=O) groups is 1. The molecule has 0 aliphatic heterocycles. The Bertz CT molecular complexity index is 105. The number of hydrogen-bond acceptors (Lipinski definition) is 2. The summed E-state index contributed by atoms with van der Waals surface area (Å²) < 4.78 is 0. The zero-order valence-electron chi connectivity index (χ0n) is 5.59. The van der Waals surface area contributed by atoms with Crippen LogP contribution in [0.2, 0.25) is 0 Å². The van der Waals surface area contributed by atoms with Crippen LogP contribution in [0, 0.1) is 0 Å². The van der Waals surface area contributed by atoms with E-state index in [9.17, 15) is 9.90 Å². The summed E-state index contributed by atoms with van der Waals surface area (Å²) in [4.78, 5) is 9.76. The molecule has 0 fully saturated rings. The molecule has 0 aromatic heterocycles. The summed E-state index contributed by atoms with van der Waals surface area (Å²) in [6.45, 7) is 2.06. The molecule has 0 radical (unpaired) electrons. The van der Waals surface area contributed by atoms with E-state index in [2.05, 4.69) is 6.92 Å². The Morgan fingerprint density at radius 3 is 2.78 bits per heavy atom. The second-order valence-corrected chi connectivity index (χ2v) is 1.86. The molecule has 0 spiro atoms. The maximum atomic E-state index is 9.76. The van der Waals surface area contributed by atoms with E-state index in [-0.39, 0.29) is 0 Å². The minimum atomic E-state index is -1.11. The maximum Gasteiger partial charge on any atom is 0.0639 e. The third-order valence-corrected chi connectivity index (χ3v) is 0.978. The molecule has 52 valence electrons. The molecule has 0 aliphatic rings. The zero-order chi connectivity index (χ0) is 7.11. The minimum absolute atomic E-state index is 0.838. The van der Waals surface area contributed by atoms with Crippen LogP contribution >= 0.6 is 0 Å². The van der Waals surface area contributed by atoms with E-state index in [1.165, 1.54) is 0 Å². The molecule has 0 bridgehead atoms. The van der Waals surface area contributed by atoms with Gasteiger partial charge in [-0.2, -0.15) is 0 Å². The van der Waals surface area contributed by atoms with Crippen LogP contribution in [0.25, 0.3) is 0 Å². The van der Waals surface area contributed by atoms with Crippen molar-refractivity contribution in [3.8, 4) is 0 Å². The topological polar surface area (TPSA) is 40.1 Å². The maximum absolute atomic E-state index is 9.76. The molecule has 0 aromatic carbocycles. The number of rotatable bonds is 4. The lowest BCUT2D eigenvalue weighted by atomic mass is 10.2. The first-order valence-corrected chi connectivity index (χ1v) is 3.15. The van der Waals surface area contributed by atoms with Gasteiger partial charge in [0, 0.05) is 0 Å². The molecule has 0 rings (SSSR count). The fraction of sp³-hybridized carbons (Fsp3) is 0.571. The van der Waals surface area contributed by atoms with Gasteiger partial charge in [0.25, 0.3) is 0 Å². The van der Waals surface area contributed by atoms with Crippen LogP contribution in [-0.4, -0.2) is 5.97 Å².